The maximum absolute atomic E-state index is 5.65. The van der Waals surface area contributed by atoms with Crippen molar-refractivity contribution in [2.24, 2.45) is 0 Å². The van der Waals surface area contributed by atoms with Gasteiger partial charge in [-0.1, -0.05) is 0 Å². The van der Waals surface area contributed by atoms with Crippen LogP contribution in [0.5, 0.6) is 0 Å². The van der Waals surface area contributed by atoms with E-state index in [0.29, 0.717) is 6.04 Å². The van der Waals surface area contributed by atoms with Gasteiger partial charge in [0.15, 0.2) is 0 Å². The van der Waals surface area contributed by atoms with Crippen LogP contribution in [0.3, 0.4) is 0 Å². The van der Waals surface area contributed by atoms with Gasteiger partial charge in [0.1, 0.15) is 6.10 Å². The van der Waals surface area contributed by atoms with Gasteiger partial charge in [0.05, 0.1) is 27.4 Å². The lowest BCUT2D eigenvalue weighted by Crippen LogP contribution is -2.56. The SMILES string of the molecule is CCOC1CC(Nc2ccc3nc(C)sc3c2)C1OC. The maximum Gasteiger partial charge on any atom is 0.103 e. The van der Waals surface area contributed by atoms with E-state index in [4.69, 9.17) is 9.47 Å². The number of thiazole rings is 1. The van der Waals surface area contributed by atoms with E-state index in [0.717, 1.165) is 29.2 Å². The zero-order valence-electron chi connectivity index (χ0n) is 12.1. The summed E-state index contributed by atoms with van der Waals surface area (Å²) in [4.78, 5) is 4.48. The van der Waals surface area contributed by atoms with E-state index in [1.807, 2.05) is 13.8 Å². The highest BCUT2D eigenvalue weighted by atomic mass is 32.1. The number of nitrogens with one attached hydrogen (secondary N) is 1. The molecule has 4 nitrogen and oxygen atoms in total. The number of anilines is 1. The standard InChI is InChI=1S/C15H20N2O2S/c1-4-19-13-8-12(15(13)18-3)17-10-5-6-11-14(7-10)20-9(2)16-11/h5-7,12-13,15,17H,4,8H2,1-3H3. The third-order valence-corrected chi connectivity index (χ3v) is 4.68. The van der Waals surface area contributed by atoms with Crippen molar-refractivity contribution in [3.63, 3.8) is 0 Å². The Labute approximate surface area is 123 Å². The summed E-state index contributed by atoms with van der Waals surface area (Å²) in [6, 6.07) is 6.65. The summed E-state index contributed by atoms with van der Waals surface area (Å²) in [6.07, 6.45) is 1.34. The van der Waals surface area contributed by atoms with Gasteiger partial charge in [-0.2, -0.15) is 0 Å². The minimum atomic E-state index is 0.133. The Kier molecular flexibility index (Phi) is 3.92. The van der Waals surface area contributed by atoms with Gasteiger partial charge < -0.3 is 14.8 Å². The first-order chi connectivity index (χ1) is 9.71. The first kappa shape index (κ1) is 13.8. The summed E-state index contributed by atoms with van der Waals surface area (Å²) in [5, 5.41) is 4.65. The molecule has 3 unspecified atom stereocenters. The molecule has 1 aromatic carbocycles. The summed E-state index contributed by atoms with van der Waals surface area (Å²) < 4.78 is 12.4. The number of rotatable bonds is 5. The van der Waals surface area contributed by atoms with E-state index in [1.54, 1.807) is 18.4 Å². The van der Waals surface area contributed by atoms with Crippen molar-refractivity contribution in [1.82, 2.24) is 4.98 Å². The highest BCUT2D eigenvalue weighted by Gasteiger charge is 2.42. The largest absolute Gasteiger partial charge is 0.379 e. The van der Waals surface area contributed by atoms with Crippen LogP contribution in [-0.2, 0) is 9.47 Å². The second kappa shape index (κ2) is 5.68. The van der Waals surface area contributed by atoms with Crippen molar-refractivity contribution in [2.45, 2.75) is 38.5 Å². The normalized spacial score (nSPS) is 25.6. The number of aromatic nitrogens is 1. The van der Waals surface area contributed by atoms with Crippen LogP contribution in [0, 0.1) is 6.92 Å². The van der Waals surface area contributed by atoms with Crippen LogP contribution >= 0.6 is 11.3 Å². The number of ether oxygens (including phenoxy) is 2. The Bertz CT molecular complexity index is 599. The summed E-state index contributed by atoms with van der Waals surface area (Å²) >= 11 is 1.73. The third kappa shape index (κ3) is 2.53. The molecule has 0 saturated heterocycles. The van der Waals surface area contributed by atoms with Crippen LogP contribution in [0.15, 0.2) is 18.2 Å². The highest BCUT2D eigenvalue weighted by Crippen LogP contribution is 2.31. The molecule has 1 fully saturated rings. The smallest absolute Gasteiger partial charge is 0.103 e. The van der Waals surface area contributed by atoms with Gasteiger partial charge in [0.25, 0.3) is 0 Å². The third-order valence-electron chi connectivity index (χ3n) is 3.75. The molecule has 20 heavy (non-hydrogen) atoms. The summed E-state index contributed by atoms with van der Waals surface area (Å²) in [7, 11) is 1.75. The lowest BCUT2D eigenvalue weighted by atomic mass is 9.85. The number of nitrogens with zero attached hydrogens (tertiary/aromatic N) is 1. The lowest BCUT2D eigenvalue weighted by molar-refractivity contribution is -0.118. The van der Waals surface area contributed by atoms with Gasteiger partial charge in [-0.05, 0) is 38.5 Å². The molecule has 1 aliphatic rings. The van der Waals surface area contributed by atoms with Gasteiger partial charge in [-0.15, -0.1) is 11.3 Å². The average molecular weight is 292 g/mol. The number of aryl methyl sites for hydroxylation is 1. The second-order valence-corrected chi connectivity index (χ2v) is 6.33. The number of hydrogen-bond acceptors (Lipinski definition) is 5. The van der Waals surface area contributed by atoms with Crippen molar-refractivity contribution < 1.29 is 9.47 Å². The van der Waals surface area contributed by atoms with E-state index < -0.39 is 0 Å². The quantitative estimate of drug-likeness (QED) is 0.919. The Morgan fingerprint density at radius 2 is 2.30 bits per heavy atom. The molecule has 3 rings (SSSR count). The molecule has 0 spiro atoms. The first-order valence-electron chi connectivity index (χ1n) is 6.99. The minimum Gasteiger partial charge on any atom is -0.379 e. The first-order valence-corrected chi connectivity index (χ1v) is 7.81. The Morgan fingerprint density at radius 3 is 3.05 bits per heavy atom. The Morgan fingerprint density at radius 1 is 1.45 bits per heavy atom. The van der Waals surface area contributed by atoms with Crippen LogP contribution in [0.25, 0.3) is 10.2 Å². The number of benzene rings is 1. The van der Waals surface area contributed by atoms with Gasteiger partial charge in [-0.25, -0.2) is 4.98 Å². The van der Waals surface area contributed by atoms with Crippen molar-refractivity contribution in [3.8, 4) is 0 Å². The fourth-order valence-electron chi connectivity index (χ4n) is 2.76. The summed E-state index contributed by atoms with van der Waals surface area (Å²) in [5.41, 5.74) is 2.20. The molecule has 0 radical (unpaired) electrons. The monoisotopic (exact) mass is 292 g/mol. The van der Waals surface area contributed by atoms with E-state index >= 15 is 0 Å². The van der Waals surface area contributed by atoms with E-state index in [9.17, 15) is 0 Å². The number of fused-ring (bicyclic) bond motifs is 1. The molecule has 1 aromatic heterocycles. The van der Waals surface area contributed by atoms with Gasteiger partial charge in [-0.3, -0.25) is 0 Å². The molecule has 2 aromatic rings. The molecule has 1 heterocycles. The number of methoxy groups -OCH3 is 1. The lowest BCUT2D eigenvalue weighted by Gasteiger charge is -2.43. The van der Waals surface area contributed by atoms with Crippen LogP contribution in [0.1, 0.15) is 18.4 Å². The van der Waals surface area contributed by atoms with Crippen molar-refractivity contribution >= 4 is 27.2 Å². The van der Waals surface area contributed by atoms with Gasteiger partial charge in [0.2, 0.25) is 0 Å². The summed E-state index contributed by atoms with van der Waals surface area (Å²) in [5.74, 6) is 0. The van der Waals surface area contributed by atoms with Crippen molar-refractivity contribution in [1.29, 1.82) is 0 Å². The molecule has 0 aliphatic heterocycles. The average Bonchev–Trinajstić information content (AvgIpc) is 2.77. The predicted octanol–water partition coefficient (Wildman–Crippen LogP) is 3.21. The number of hydrogen-bond donors (Lipinski definition) is 1. The van der Waals surface area contributed by atoms with Crippen LogP contribution in [0.2, 0.25) is 0 Å². The molecule has 1 aliphatic carbocycles. The zero-order valence-corrected chi connectivity index (χ0v) is 12.9. The van der Waals surface area contributed by atoms with Gasteiger partial charge >= 0.3 is 0 Å². The molecular formula is C15H20N2O2S. The van der Waals surface area contributed by atoms with E-state index in [2.05, 4.69) is 28.5 Å². The maximum atomic E-state index is 5.65. The predicted molar refractivity (Wildman–Crippen MR) is 82.6 cm³/mol. The molecule has 108 valence electrons. The Hall–Kier alpha value is -1.17. The van der Waals surface area contributed by atoms with Crippen LogP contribution < -0.4 is 5.32 Å². The molecule has 3 atom stereocenters. The molecular weight excluding hydrogens is 272 g/mol. The van der Waals surface area contributed by atoms with Crippen LogP contribution in [0.4, 0.5) is 5.69 Å². The minimum absolute atomic E-state index is 0.133. The molecule has 1 saturated carbocycles. The van der Waals surface area contributed by atoms with E-state index in [1.165, 1.54) is 4.70 Å². The van der Waals surface area contributed by atoms with Crippen LogP contribution in [-0.4, -0.2) is 37.0 Å². The van der Waals surface area contributed by atoms with Gasteiger partial charge in [0, 0.05) is 19.4 Å². The van der Waals surface area contributed by atoms with Crippen molar-refractivity contribution in [3.05, 3.63) is 23.2 Å². The Balaban J connectivity index is 1.70. The molecule has 5 heteroatoms. The topological polar surface area (TPSA) is 43.4 Å². The fraction of sp³-hybridized carbons (Fsp3) is 0.533. The fourth-order valence-corrected chi connectivity index (χ4v) is 3.63. The second-order valence-electron chi connectivity index (χ2n) is 5.10. The molecule has 0 bridgehead atoms. The van der Waals surface area contributed by atoms with Crippen molar-refractivity contribution in [2.75, 3.05) is 19.0 Å². The highest BCUT2D eigenvalue weighted by molar-refractivity contribution is 7.18. The molecule has 1 N–H and O–H groups in total. The zero-order chi connectivity index (χ0) is 14.1. The molecule has 0 amide bonds. The summed E-state index contributed by atoms with van der Waals surface area (Å²) in [6.45, 7) is 4.80. The van der Waals surface area contributed by atoms with E-state index in [-0.39, 0.29) is 12.2 Å².